The van der Waals surface area contributed by atoms with Crippen molar-refractivity contribution in [2.24, 2.45) is 11.8 Å². The van der Waals surface area contributed by atoms with E-state index in [4.69, 9.17) is 0 Å². The molecule has 0 aromatic carbocycles. The van der Waals surface area contributed by atoms with Crippen LogP contribution in [0.3, 0.4) is 0 Å². The van der Waals surface area contributed by atoms with Gasteiger partial charge in [-0.1, -0.05) is 33.6 Å². The van der Waals surface area contributed by atoms with Crippen molar-refractivity contribution >= 4 is 0 Å². The zero-order valence-electron chi connectivity index (χ0n) is 10.1. The summed E-state index contributed by atoms with van der Waals surface area (Å²) >= 11 is 0. The lowest BCUT2D eigenvalue weighted by Gasteiger charge is -2.28. The van der Waals surface area contributed by atoms with E-state index >= 15 is 0 Å². The van der Waals surface area contributed by atoms with E-state index in [1.54, 1.807) is 0 Å². The molecule has 13 heavy (non-hydrogen) atoms. The van der Waals surface area contributed by atoms with Gasteiger partial charge in [-0.3, -0.25) is 0 Å². The van der Waals surface area contributed by atoms with E-state index in [0.29, 0.717) is 0 Å². The summed E-state index contributed by atoms with van der Waals surface area (Å²) in [5.41, 5.74) is 0. The Balaban J connectivity index is 0.000000671. The van der Waals surface area contributed by atoms with Crippen LogP contribution in [0.5, 0.6) is 0 Å². The lowest BCUT2D eigenvalue weighted by molar-refractivity contribution is 0.231. The summed E-state index contributed by atoms with van der Waals surface area (Å²) in [7, 11) is 4.36. The van der Waals surface area contributed by atoms with Gasteiger partial charge in [0.1, 0.15) is 0 Å². The Hall–Kier alpha value is -0.0400. The number of hydrogen-bond acceptors (Lipinski definition) is 1. The first-order valence-electron chi connectivity index (χ1n) is 5.83. The van der Waals surface area contributed by atoms with E-state index in [1.807, 2.05) is 13.8 Å². The molecule has 1 aliphatic rings. The first-order chi connectivity index (χ1) is 6.18. The standard InChI is InChI=1S/C10H21N.C2H6/c1-9-4-6-10(7-5-9)8-11(2)3;1-2/h9-10H,4-8H2,1-3H3;1-2H3. The Morgan fingerprint density at radius 2 is 1.46 bits per heavy atom. The molecule has 0 aromatic rings. The van der Waals surface area contributed by atoms with Gasteiger partial charge in [-0.2, -0.15) is 0 Å². The highest BCUT2D eigenvalue weighted by Crippen LogP contribution is 2.28. The van der Waals surface area contributed by atoms with Crippen LogP contribution in [0.25, 0.3) is 0 Å². The summed E-state index contributed by atoms with van der Waals surface area (Å²) in [6, 6.07) is 0. The van der Waals surface area contributed by atoms with E-state index < -0.39 is 0 Å². The molecule has 0 radical (unpaired) electrons. The van der Waals surface area contributed by atoms with Gasteiger partial charge in [0.2, 0.25) is 0 Å². The van der Waals surface area contributed by atoms with Crippen molar-refractivity contribution in [1.29, 1.82) is 0 Å². The fourth-order valence-corrected chi connectivity index (χ4v) is 2.03. The van der Waals surface area contributed by atoms with Crippen LogP contribution in [0.2, 0.25) is 0 Å². The third kappa shape index (κ3) is 6.09. The molecule has 0 aliphatic heterocycles. The molecular weight excluding hydrogens is 158 g/mol. The maximum absolute atomic E-state index is 2.38. The quantitative estimate of drug-likeness (QED) is 0.637. The molecule has 0 amide bonds. The Labute approximate surface area is 84.5 Å². The maximum atomic E-state index is 2.38. The molecule has 1 heteroatoms. The van der Waals surface area contributed by atoms with Crippen molar-refractivity contribution in [3.05, 3.63) is 0 Å². The van der Waals surface area contributed by atoms with Gasteiger partial charge in [0.05, 0.1) is 0 Å². The molecule has 1 nitrogen and oxygen atoms in total. The Kier molecular flexibility index (Phi) is 7.35. The lowest BCUT2D eigenvalue weighted by Crippen LogP contribution is -2.25. The van der Waals surface area contributed by atoms with Gasteiger partial charge < -0.3 is 4.90 Å². The topological polar surface area (TPSA) is 3.24 Å². The smallest absolute Gasteiger partial charge is 0.000356 e. The van der Waals surface area contributed by atoms with Gasteiger partial charge in [-0.05, 0) is 38.8 Å². The number of rotatable bonds is 2. The zero-order valence-corrected chi connectivity index (χ0v) is 10.1. The van der Waals surface area contributed by atoms with Gasteiger partial charge in [0.25, 0.3) is 0 Å². The van der Waals surface area contributed by atoms with Crippen molar-refractivity contribution in [2.75, 3.05) is 20.6 Å². The van der Waals surface area contributed by atoms with E-state index in [2.05, 4.69) is 25.9 Å². The van der Waals surface area contributed by atoms with Gasteiger partial charge in [0, 0.05) is 6.54 Å². The van der Waals surface area contributed by atoms with Crippen LogP contribution in [0.4, 0.5) is 0 Å². The number of nitrogens with zero attached hydrogens (tertiary/aromatic N) is 1. The fourth-order valence-electron chi connectivity index (χ4n) is 2.03. The van der Waals surface area contributed by atoms with Crippen LogP contribution in [-0.2, 0) is 0 Å². The summed E-state index contributed by atoms with van der Waals surface area (Å²) in [5.74, 6) is 1.98. The van der Waals surface area contributed by atoms with Crippen LogP contribution in [-0.4, -0.2) is 25.5 Å². The molecule has 0 unspecified atom stereocenters. The van der Waals surface area contributed by atoms with Crippen molar-refractivity contribution in [1.82, 2.24) is 4.90 Å². The molecule has 0 saturated heterocycles. The average Bonchev–Trinajstić information content (AvgIpc) is 2.12. The predicted octanol–water partition coefficient (Wildman–Crippen LogP) is 3.40. The highest BCUT2D eigenvalue weighted by atomic mass is 15.1. The molecule has 0 N–H and O–H groups in total. The molecule has 80 valence electrons. The Morgan fingerprint density at radius 3 is 1.85 bits per heavy atom. The molecule has 1 rings (SSSR count). The van der Waals surface area contributed by atoms with Crippen LogP contribution in [0.1, 0.15) is 46.5 Å². The van der Waals surface area contributed by atoms with Gasteiger partial charge in [-0.15, -0.1) is 0 Å². The summed E-state index contributed by atoms with van der Waals surface area (Å²) in [4.78, 5) is 2.32. The molecule has 0 aromatic heterocycles. The van der Waals surface area contributed by atoms with Crippen molar-refractivity contribution in [2.45, 2.75) is 46.5 Å². The molecule has 1 fully saturated rings. The fraction of sp³-hybridized carbons (Fsp3) is 1.00. The highest BCUT2D eigenvalue weighted by molar-refractivity contribution is 4.71. The predicted molar refractivity (Wildman–Crippen MR) is 61.0 cm³/mol. The highest BCUT2D eigenvalue weighted by Gasteiger charge is 2.17. The van der Waals surface area contributed by atoms with E-state index in [1.165, 1.54) is 32.2 Å². The van der Waals surface area contributed by atoms with Gasteiger partial charge in [0.15, 0.2) is 0 Å². The largest absolute Gasteiger partial charge is 0.309 e. The minimum absolute atomic E-state index is 0.987. The molecule has 0 atom stereocenters. The van der Waals surface area contributed by atoms with E-state index in [9.17, 15) is 0 Å². The minimum Gasteiger partial charge on any atom is -0.309 e. The number of hydrogen-bond donors (Lipinski definition) is 0. The average molecular weight is 185 g/mol. The van der Waals surface area contributed by atoms with Crippen LogP contribution in [0.15, 0.2) is 0 Å². The zero-order chi connectivity index (χ0) is 10.3. The third-order valence-corrected chi connectivity index (χ3v) is 2.76. The molecule has 1 aliphatic carbocycles. The molecular formula is C12H27N. The second kappa shape index (κ2) is 7.37. The molecule has 1 saturated carbocycles. The molecule has 0 heterocycles. The van der Waals surface area contributed by atoms with Gasteiger partial charge >= 0.3 is 0 Å². The Morgan fingerprint density at radius 1 is 1.00 bits per heavy atom. The summed E-state index contributed by atoms with van der Waals surface area (Å²) in [6.45, 7) is 7.68. The van der Waals surface area contributed by atoms with Crippen LogP contribution < -0.4 is 0 Å². The second-order valence-electron chi connectivity index (χ2n) is 4.39. The minimum atomic E-state index is 0.987. The Bertz CT molecular complexity index is 102. The monoisotopic (exact) mass is 185 g/mol. The molecule has 0 bridgehead atoms. The SMILES string of the molecule is CC.CC1CCC(CN(C)C)CC1. The molecule has 0 spiro atoms. The van der Waals surface area contributed by atoms with Crippen LogP contribution >= 0.6 is 0 Å². The third-order valence-electron chi connectivity index (χ3n) is 2.76. The van der Waals surface area contributed by atoms with E-state index in [-0.39, 0.29) is 0 Å². The maximum Gasteiger partial charge on any atom is 0.000356 e. The summed E-state index contributed by atoms with van der Waals surface area (Å²) in [5, 5.41) is 0. The summed E-state index contributed by atoms with van der Waals surface area (Å²) < 4.78 is 0. The van der Waals surface area contributed by atoms with Crippen molar-refractivity contribution in [3.8, 4) is 0 Å². The van der Waals surface area contributed by atoms with Crippen molar-refractivity contribution < 1.29 is 0 Å². The van der Waals surface area contributed by atoms with E-state index in [0.717, 1.165) is 11.8 Å². The van der Waals surface area contributed by atoms with Gasteiger partial charge in [-0.25, -0.2) is 0 Å². The van der Waals surface area contributed by atoms with Crippen molar-refractivity contribution in [3.63, 3.8) is 0 Å². The second-order valence-corrected chi connectivity index (χ2v) is 4.39. The normalized spacial score (nSPS) is 28.2. The lowest BCUT2D eigenvalue weighted by atomic mass is 9.83. The first kappa shape index (κ1) is 13.0. The first-order valence-corrected chi connectivity index (χ1v) is 5.83. The summed E-state index contributed by atoms with van der Waals surface area (Å²) in [6.07, 6.45) is 5.83. The van der Waals surface area contributed by atoms with Crippen LogP contribution in [0, 0.1) is 11.8 Å².